The summed E-state index contributed by atoms with van der Waals surface area (Å²) in [7, 11) is 0. The molecule has 7 heteroatoms. The van der Waals surface area contributed by atoms with Crippen molar-refractivity contribution in [1.82, 2.24) is 15.5 Å². The van der Waals surface area contributed by atoms with E-state index in [1.165, 1.54) is 37.0 Å². The molecule has 1 aliphatic carbocycles. The molecule has 1 aliphatic rings. The lowest BCUT2D eigenvalue weighted by molar-refractivity contribution is -0.126. The Kier molecular flexibility index (Phi) is 6.55. The Morgan fingerprint density at radius 1 is 1.26 bits per heavy atom. The fourth-order valence-corrected chi connectivity index (χ4v) is 4.14. The molecule has 6 nitrogen and oxygen atoms in total. The number of nitrogens with one attached hydrogen (secondary N) is 2. The van der Waals surface area contributed by atoms with E-state index in [0.717, 1.165) is 22.6 Å². The molecule has 1 saturated carbocycles. The topological polar surface area (TPSA) is 84.0 Å². The average molecular weight is 387 g/mol. The van der Waals surface area contributed by atoms with E-state index in [9.17, 15) is 9.59 Å². The number of hydrogen-bond acceptors (Lipinski definition) is 5. The van der Waals surface area contributed by atoms with Gasteiger partial charge in [0.25, 0.3) is 0 Å². The summed E-state index contributed by atoms with van der Waals surface area (Å²) in [5.41, 5.74) is 2.11. The second-order valence-corrected chi connectivity index (χ2v) is 8.23. The molecule has 3 rings (SSSR count). The number of aryl methyl sites for hydroxylation is 1. The molecular weight excluding hydrogens is 360 g/mol. The maximum Gasteiger partial charge on any atom is 0.248 e. The summed E-state index contributed by atoms with van der Waals surface area (Å²) in [6, 6.07) is 7.37. The van der Waals surface area contributed by atoms with Gasteiger partial charge in [-0.05, 0) is 32.3 Å². The van der Waals surface area contributed by atoms with Gasteiger partial charge in [0.1, 0.15) is 11.0 Å². The van der Waals surface area contributed by atoms with Gasteiger partial charge in [-0.1, -0.05) is 60.8 Å². The maximum absolute atomic E-state index is 12.3. The first kappa shape index (κ1) is 19.5. The van der Waals surface area contributed by atoms with Crippen molar-refractivity contribution < 1.29 is 9.59 Å². The summed E-state index contributed by atoms with van der Waals surface area (Å²) in [4.78, 5) is 24.4. The zero-order valence-corrected chi connectivity index (χ0v) is 16.6. The van der Waals surface area contributed by atoms with Gasteiger partial charge in [-0.25, -0.2) is 0 Å². The highest BCUT2D eigenvalue weighted by Crippen LogP contribution is 2.28. The average Bonchev–Trinajstić information content (AvgIpc) is 3.32. The summed E-state index contributed by atoms with van der Waals surface area (Å²) >= 11 is 1.32. The molecule has 0 aliphatic heterocycles. The fourth-order valence-electron chi connectivity index (χ4n) is 3.40. The molecule has 27 heavy (non-hydrogen) atoms. The molecule has 0 unspecified atom stereocenters. The Labute approximate surface area is 163 Å². The van der Waals surface area contributed by atoms with Crippen LogP contribution < -0.4 is 10.6 Å². The first-order chi connectivity index (χ1) is 13.0. The highest BCUT2D eigenvalue weighted by molar-refractivity contribution is 7.18. The number of rotatable bonds is 7. The van der Waals surface area contributed by atoms with Crippen LogP contribution in [0.4, 0.5) is 5.13 Å². The second kappa shape index (κ2) is 9.08. The van der Waals surface area contributed by atoms with E-state index >= 15 is 0 Å². The lowest BCUT2D eigenvalue weighted by atomic mass is 10.0. The maximum atomic E-state index is 12.3. The first-order valence-electron chi connectivity index (χ1n) is 9.52. The molecule has 1 aromatic heterocycles. The third-order valence-electron chi connectivity index (χ3n) is 4.95. The predicted molar refractivity (Wildman–Crippen MR) is 108 cm³/mol. The van der Waals surface area contributed by atoms with Crippen LogP contribution in [0.3, 0.4) is 0 Å². The van der Waals surface area contributed by atoms with Gasteiger partial charge in [-0.15, -0.1) is 10.2 Å². The molecule has 144 valence electrons. The lowest BCUT2D eigenvalue weighted by Gasteiger charge is -2.14. The number of benzene rings is 1. The standard InChI is InChI=1S/C20H26N4O2S/c1-13-6-5-9-16(12-13)19-23-24-20(27-19)22-18(26)14(2)21-17(25)11-10-15-7-3-4-8-15/h5-6,9,12,14-15H,3-4,7-8,10-11H2,1-2H3,(H,21,25)(H,22,24,26)/t14-/m0/s1. The van der Waals surface area contributed by atoms with Crippen LogP contribution in [0.15, 0.2) is 24.3 Å². The van der Waals surface area contributed by atoms with Crippen LogP contribution in [0.1, 0.15) is 51.0 Å². The van der Waals surface area contributed by atoms with E-state index in [4.69, 9.17) is 0 Å². The van der Waals surface area contributed by atoms with Gasteiger partial charge < -0.3 is 5.32 Å². The molecule has 2 aromatic rings. The van der Waals surface area contributed by atoms with Crippen LogP contribution in [0.2, 0.25) is 0 Å². The Bertz CT molecular complexity index is 799. The predicted octanol–water partition coefficient (Wildman–Crippen LogP) is 3.93. The van der Waals surface area contributed by atoms with Crippen molar-refractivity contribution in [2.75, 3.05) is 5.32 Å². The molecule has 0 spiro atoms. The van der Waals surface area contributed by atoms with Crippen molar-refractivity contribution in [2.24, 2.45) is 5.92 Å². The largest absolute Gasteiger partial charge is 0.345 e. The fraction of sp³-hybridized carbons (Fsp3) is 0.500. The molecule has 1 heterocycles. The number of amides is 2. The SMILES string of the molecule is Cc1cccc(-c2nnc(NC(=O)[C@H](C)NC(=O)CCC3CCCC3)s2)c1. The van der Waals surface area contributed by atoms with Gasteiger partial charge in [0.15, 0.2) is 0 Å². The van der Waals surface area contributed by atoms with Crippen LogP contribution in [0.25, 0.3) is 10.6 Å². The zero-order chi connectivity index (χ0) is 19.2. The monoisotopic (exact) mass is 386 g/mol. The van der Waals surface area contributed by atoms with E-state index < -0.39 is 6.04 Å². The first-order valence-corrected chi connectivity index (χ1v) is 10.3. The Morgan fingerprint density at radius 3 is 2.78 bits per heavy atom. The number of carbonyl (C=O) groups is 2. The van der Waals surface area contributed by atoms with Crippen LogP contribution in [-0.4, -0.2) is 28.1 Å². The summed E-state index contributed by atoms with van der Waals surface area (Å²) < 4.78 is 0. The molecule has 1 fully saturated rings. The van der Waals surface area contributed by atoms with E-state index in [1.807, 2.05) is 31.2 Å². The third kappa shape index (κ3) is 5.60. The van der Waals surface area contributed by atoms with Crippen molar-refractivity contribution in [1.29, 1.82) is 0 Å². The van der Waals surface area contributed by atoms with Crippen molar-refractivity contribution in [3.05, 3.63) is 29.8 Å². The van der Waals surface area contributed by atoms with Crippen molar-refractivity contribution in [3.63, 3.8) is 0 Å². The van der Waals surface area contributed by atoms with Gasteiger partial charge in [0, 0.05) is 12.0 Å². The normalized spacial score (nSPS) is 15.5. The van der Waals surface area contributed by atoms with Crippen LogP contribution in [0, 0.1) is 12.8 Å². The van der Waals surface area contributed by atoms with Crippen LogP contribution in [-0.2, 0) is 9.59 Å². The molecule has 1 atom stereocenters. The quantitative estimate of drug-likeness (QED) is 0.755. The molecule has 0 bridgehead atoms. The number of carbonyl (C=O) groups excluding carboxylic acids is 2. The smallest absolute Gasteiger partial charge is 0.248 e. The minimum absolute atomic E-state index is 0.0673. The van der Waals surface area contributed by atoms with Crippen LogP contribution >= 0.6 is 11.3 Å². The number of anilines is 1. The Hall–Kier alpha value is -2.28. The minimum Gasteiger partial charge on any atom is -0.345 e. The van der Waals surface area contributed by atoms with Gasteiger partial charge in [-0.2, -0.15) is 0 Å². The number of hydrogen-bond donors (Lipinski definition) is 2. The highest BCUT2D eigenvalue weighted by atomic mass is 32.1. The molecular formula is C20H26N4O2S. The number of aromatic nitrogens is 2. The summed E-state index contributed by atoms with van der Waals surface area (Å²) in [5.74, 6) is 0.319. The molecule has 2 amide bonds. The molecule has 0 saturated heterocycles. The van der Waals surface area contributed by atoms with Gasteiger partial charge in [0.2, 0.25) is 16.9 Å². The van der Waals surface area contributed by atoms with E-state index in [1.54, 1.807) is 6.92 Å². The zero-order valence-electron chi connectivity index (χ0n) is 15.8. The van der Waals surface area contributed by atoms with E-state index in [2.05, 4.69) is 20.8 Å². The van der Waals surface area contributed by atoms with E-state index in [-0.39, 0.29) is 11.8 Å². The Morgan fingerprint density at radius 2 is 2.04 bits per heavy atom. The summed E-state index contributed by atoms with van der Waals surface area (Å²) in [6.45, 7) is 3.70. The summed E-state index contributed by atoms with van der Waals surface area (Å²) in [5, 5.41) is 14.9. The van der Waals surface area contributed by atoms with Gasteiger partial charge in [-0.3, -0.25) is 14.9 Å². The number of nitrogens with zero attached hydrogens (tertiary/aromatic N) is 2. The van der Waals surface area contributed by atoms with E-state index in [0.29, 0.717) is 17.5 Å². The second-order valence-electron chi connectivity index (χ2n) is 7.25. The van der Waals surface area contributed by atoms with Crippen LogP contribution in [0.5, 0.6) is 0 Å². The molecule has 1 aromatic carbocycles. The summed E-state index contributed by atoms with van der Waals surface area (Å²) in [6.07, 6.45) is 6.40. The minimum atomic E-state index is -0.604. The van der Waals surface area contributed by atoms with Crippen molar-refractivity contribution in [3.8, 4) is 10.6 Å². The van der Waals surface area contributed by atoms with Gasteiger partial charge >= 0.3 is 0 Å². The third-order valence-corrected chi connectivity index (χ3v) is 5.83. The Balaban J connectivity index is 1.48. The van der Waals surface area contributed by atoms with Crippen molar-refractivity contribution >= 4 is 28.3 Å². The lowest BCUT2D eigenvalue weighted by Crippen LogP contribution is -2.41. The highest BCUT2D eigenvalue weighted by Gasteiger charge is 2.20. The van der Waals surface area contributed by atoms with Gasteiger partial charge in [0.05, 0.1) is 0 Å². The molecule has 0 radical (unpaired) electrons. The molecule has 2 N–H and O–H groups in total. The van der Waals surface area contributed by atoms with Crippen molar-refractivity contribution in [2.45, 2.75) is 58.4 Å².